The third-order valence-corrected chi connectivity index (χ3v) is 2.86. The molecule has 0 saturated heterocycles. The van der Waals surface area contributed by atoms with Crippen molar-refractivity contribution in [3.05, 3.63) is 27.3 Å². The summed E-state index contributed by atoms with van der Waals surface area (Å²) in [6.07, 6.45) is -1.64. The van der Waals surface area contributed by atoms with E-state index in [9.17, 15) is 14.7 Å². The maximum Gasteiger partial charge on any atom is 0.334 e. The van der Waals surface area contributed by atoms with Gasteiger partial charge in [-0.1, -0.05) is 0 Å². The topological polar surface area (TPSA) is 107 Å². The van der Waals surface area contributed by atoms with Gasteiger partial charge in [-0.2, -0.15) is 0 Å². The van der Waals surface area contributed by atoms with Crippen LogP contribution < -0.4 is 5.32 Å². The number of hydrogen-bond donors (Lipinski definition) is 4. The summed E-state index contributed by atoms with van der Waals surface area (Å²) >= 11 is 1.91. The number of aromatic hydroxyl groups is 1. The van der Waals surface area contributed by atoms with Crippen molar-refractivity contribution in [1.29, 1.82) is 0 Å². The number of hydrogen-bond acceptors (Lipinski definition) is 4. The van der Waals surface area contributed by atoms with Crippen LogP contribution in [0.5, 0.6) is 5.75 Å². The Bertz CT molecular complexity index is 448. The number of halogens is 1. The lowest BCUT2D eigenvalue weighted by atomic mass is 10.2. The van der Waals surface area contributed by atoms with Gasteiger partial charge in [0.2, 0.25) is 0 Å². The zero-order chi connectivity index (χ0) is 13.0. The van der Waals surface area contributed by atoms with Gasteiger partial charge in [-0.15, -0.1) is 0 Å². The SMILES string of the molecule is O=C(NC[C@H](O)C(=O)O)c1ccc(I)c(O)c1. The summed E-state index contributed by atoms with van der Waals surface area (Å²) in [5.74, 6) is -2.00. The quantitative estimate of drug-likeness (QED) is 0.579. The molecule has 17 heavy (non-hydrogen) atoms. The lowest BCUT2D eigenvalue weighted by molar-refractivity contribution is -0.146. The normalized spacial score (nSPS) is 11.9. The van der Waals surface area contributed by atoms with Crippen LogP contribution >= 0.6 is 22.6 Å². The Morgan fingerprint density at radius 2 is 2.06 bits per heavy atom. The van der Waals surface area contributed by atoms with Crippen molar-refractivity contribution >= 4 is 34.5 Å². The summed E-state index contributed by atoms with van der Waals surface area (Å²) < 4.78 is 0.602. The minimum Gasteiger partial charge on any atom is -0.507 e. The average molecular weight is 351 g/mol. The third kappa shape index (κ3) is 3.86. The molecule has 0 aromatic heterocycles. The fourth-order valence-electron chi connectivity index (χ4n) is 1.03. The fourth-order valence-corrected chi connectivity index (χ4v) is 1.37. The monoisotopic (exact) mass is 351 g/mol. The Labute approximate surface area is 110 Å². The lowest BCUT2D eigenvalue weighted by Gasteiger charge is -2.08. The number of aliphatic hydroxyl groups excluding tert-OH is 1. The molecule has 1 atom stereocenters. The van der Waals surface area contributed by atoms with Crippen molar-refractivity contribution in [2.24, 2.45) is 0 Å². The molecule has 0 saturated carbocycles. The molecule has 1 aromatic carbocycles. The van der Waals surface area contributed by atoms with Gasteiger partial charge in [0.15, 0.2) is 6.10 Å². The molecule has 1 rings (SSSR count). The maximum absolute atomic E-state index is 11.5. The van der Waals surface area contributed by atoms with Gasteiger partial charge in [0.1, 0.15) is 5.75 Å². The summed E-state index contributed by atoms with van der Waals surface area (Å²) in [5, 5.41) is 29.0. The van der Waals surface area contributed by atoms with Gasteiger partial charge < -0.3 is 20.6 Å². The molecular weight excluding hydrogens is 341 g/mol. The molecule has 0 aliphatic heterocycles. The van der Waals surface area contributed by atoms with Gasteiger partial charge in [0, 0.05) is 5.56 Å². The lowest BCUT2D eigenvalue weighted by Crippen LogP contribution is -2.36. The van der Waals surface area contributed by atoms with E-state index in [0.717, 1.165) is 0 Å². The van der Waals surface area contributed by atoms with E-state index in [2.05, 4.69) is 5.32 Å². The van der Waals surface area contributed by atoms with Crippen molar-refractivity contribution in [3.63, 3.8) is 0 Å². The summed E-state index contributed by atoms with van der Waals surface area (Å²) in [6, 6.07) is 4.31. The van der Waals surface area contributed by atoms with Crippen LogP contribution in [0.3, 0.4) is 0 Å². The molecule has 0 heterocycles. The molecule has 4 N–H and O–H groups in total. The Morgan fingerprint density at radius 1 is 1.41 bits per heavy atom. The van der Waals surface area contributed by atoms with Crippen LogP contribution in [0.2, 0.25) is 0 Å². The number of aliphatic carboxylic acids is 1. The van der Waals surface area contributed by atoms with Crippen LogP contribution in [0, 0.1) is 3.57 Å². The van der Waals surface area contributed by atoms with E-state index in [1.54, 1.807) is 6.07 Å². The molecule has 1 amide bonds. The summed E-state index contributed by atoms with van der Waals surface area (Å²) in [4.78, 5) is 21.8. The van der Waals surface area contributed by atoms with Crippen LogP contribution in [-0.4, -0.2) is 39.8 Å². The smallest absolute Gasteiger partial charge is 0.334 e. The Balaban J connectivity index is 2.64. The minimum absolute atomic E-state index is 0.0305. The number of carboxylic acid groups (broad SMARTS) is 1. The summed E-state index contributed by atoms with van der Waals surface area (Å²) in [5.41, 5.74) is 0.195. The molecule has 0 unspecified atom stereocenters. The first-order valence-corrected chi connectivity index (χ1v) is 5.67. The molecule has 0 aliphatic carbocycles. The van der Waals surface area contributed by atoms with Crippen LogP contribution in [-0.2, 0) is 4.79 Å². The van der Waals surface area contributed by atoms with Gasteiger partial charge >= 0.3 is 5.97 Å². The number of benzene rings is 1. The van der Waals surface area contributed by atoms with E-state index in [0.29, 0.717) is 3.57 Å². The van der Waals surface area contributed by atoms with Crippen molar-refractivity contribution in [1.82, 2.24) is 5.32 Å². The van der Waals surface area contributed by atoms with Crippen molar-refractivity contribution in [2.75, 3.05) is 6.54 Å². The Morgan fingerprint density at radius 3 is 2.59 bits per heavy atom. The van der Waals surface area contributed by atoms with Gasteiger partial charge in [-0.25, -0.2) is 4.79 Å². The molecule has 0 bridgehead atoms. The van der Waals surface area contributed by atoms with E-state index >= 15 is 0 Å². The van der Waals surface area contributed by atoms with Gasteiger partial charge in [-0.3, -0.25) is 4.79 Å². The Hall–Kier alpha value is -1.35. The third-order valence-electron chi connectivity index (χ3n) is 1.95. The van der Waals surface area contributed by atoms with Gasteiger partial charge in [0.05, 0.1) is 10.1 Å². The van der Waals surface area contributed by atoms with Crippen molar-refractivity contribution < 1.29 is 24.9 Å². The van der Waals surface area contributed by atoms with Gasteiger partial charge in [-0.05, 0) is 40.8 Å². The second kappa shape index (κ2) is 5.82. The standard InChI is InChI=1S/C10H10INO5/c11-6-2-1-5(3-7(6)13)9(15)12-4-8(14)10(16)17/h1-3,8,13-14H,4H2,(H,12,15)(H,16,17)/t8-/m0/s1. The number of carboxylic acids is 1. The molecule has 92 valence electrons. The van der Waals surface area contributed by atoms with Crippen LogP contribution in [0.15, 0.2) is 18.2 Å². The van der Waals surface area contributed by atoms with E-state index < -0.39 is 18.0 Å². The number of phenols is 1. The van der Waals surface area contributed by atoms with Crippen molar-refractivity contribution in [3.8, 4) is 5.75 Å². The highest BCUT2D eigenvalue weighted by molar-refractivity contribution is 14.1. The number of aliphatic hydroxyl groups is 1. The minimum atomic E-state index is -1.64. The number of nitrogens with one attached hydrogen (secondary N) is 1. The molecule has 0 aliphatic rings. The number of carbonyl (C=O) groups excluding carboxylic acids is 1. The molecule has 0 fully saturated rings. The van der Waals surface area contributed by atoms with Crippen molar-refractivity contribution in [2.45, 2.75) is 6.10 Å². The highest BCUT2D eigenvalue weighted by Gasteiger charge is 2.15. The first-order valence-electron chi connectivity index (χ1n) is 4.59. The first-order chi connectivity index (χ1) is 7.91. The van der Waals surface area contributed by atoms with E-state index in [-0.39, 0.29) is 17.9 Å². The first kappa shape index (κ1) is 13.7. The second-order valence-electron chi connectivity index (χ2n) is 3.23. The number of carbonyl (C=O) groups is 2. The predicted molar refractivity (Wildman–Crippen MR) is 66.8 cm³/mol. The van der Waals surface area contributed by atoms with Crippen LogP contribution in [0.25, 0.3) is 0 Å². The zero-order valence-electron chi connectivity index (χ0n) is 8.55. The molecule has 7 heteroatoms. The van der Waals surface area contributed by atoms with Crippen LogP contribution in [0.4, 0.5) is 0 Å². The molecule has 6 nitrogen and oxygen atoms in total. The van der Waals surface area contributed by atoms with E-state index in [1.165, 1.54) is 12.1 Å². The highest BCUT2D eigenvalue weighted by atomic mass is 127. The molecule has 1 aromatic rings. The molecule has 0 spiro atoms. The highest BCUT2D eigenvalue weighted by Crippen LogP contribution is 2.20. The zero-order valence-corrected chi connectivity index (χ0v) is 10.7. The molecule has 0 radical (unpaired) electrons. The number of amides is 1. The second-order valence-corrected chi connectivity index (χ2v) is 4.39. The largest absolute Gasteiger partial charge is 0.507 e. The van der Waals surface area contributed by atoms with Crippen LogP contribution in [0.1, 0.15) is 10.4 Å². The Kier molecular flexibility index (Phi) is 4.70. The summed E-state index contributed by atoms with van der Waals surface area (Å²) in [6.45, 7) is -0.388. The van der Waals surface area contributed by atoms with E-state index in [1.807, 2.05) is 22.6 Å². The molecular formula is C10H10INO5. The summed E-state index contributed by atoms with van der Waals surface area (Å²) in [7, 11) is 0. The van der Waals surface area contributed by atoms with E-state index in [4.69, 9.17) is 10.2 Å². The maximum atomic E-state index is 11.5. The number of rotatable bonds is 4. The average Bonchev–Trinajstić information content (AvgIpc) is 2.28. The fraction of sp³-hybridized carbons (Fsp3) is 0.200. The predicted octanol–water partition coefficient (Wildman–Crippen LogP) is 0.172. The van der Waals surface area contributed by atoms with Gasteiger partial charge in [0.25, 0.3) is 5.91 Å². The number of phenolic OH excluding ortho intramolecular Hbond substituents is 1.